The summed E-state index contributed by atoms with van der Waals surface area (Å²) in [6, 6.07) is 0. The Morgan fingerprint density at radius 1 is 0.917 bits per heavy atom. The summed E-state index contributed by atoms with van der Waals surface area (Å²) in [5.74, 6) is -0.811. The summed E-state index contributed by atoms with van der Waals surface area (Å²) >= 11 is 0. The molecule has 0 aliphatic heterocycles. The summed E-state index contributed by atoms with van der Waals surface area (Å²) in [5.41, 5.74) is 0. The molecule has 5 heteroatoms. The van der Waals surface area contributed by atoms with Gasteiger partial charge in [0.25, 0.3) is 5.97 Å². The van der Waals surface area contributed by atoms with Crippen LogP contribution in [0.25, 0.3) is 0 Å². The molecular formula is C19H38O5. The van der Waals surface area contributed by atoms with E-state index in [1.807, 2.05) is 0 Å². The molecule has 24 heavy (non-hydrogen) atoms. The number of esters is 1. The van der Waals surface area contributed by atoms with Crippen molar-refractivity contribution in [1.29, 1.82) is 0 Å². The summed E-state index contributed by atoms with van der Waals surface area (Å²) in [6.45, 7) is 6.30. The van der Waals surface area contributed by atoms with E-state index in [4.69, 9.17) is 18.9 Å². The fraction of sp³-hybridized carbons (Fsp3) is 0.947. The molecule has 0 aromatic carbocycles. The normalized spacial score (nSPS) is 14.4. The van der Waals surface area contributed by atoms with Gasteiger partial charge in [0, 0.05) is 34.2 Å². The maximum atomic E-state index is 10.9. The van der Waals surface area contributed by atoms with Crippen molar-refractivity contribution in [2.45, 2.75) is 78.1 Å². The minimum Gasteiger partial charge on any atom is -0.466 e. The van der Waals surface area contributed by atoms with Gasteiger partial charge in [-0.25, -0.2) is 0 Å². The zero-order valence-electron chi connectivity index (χ0n) is 16.6. The molecule has 0 aliphatic carbocycles. The number of carbonyl (C=O) groups is 1. The average Bonchev–Trinajstić information content (AvgIpc) is 2.57. The van der Waals surface area contributed by atoms with Gasteiger partial charge < -0.3 is 18.9 Å². The van der Waals surface area contributed by atoms with E-state index in [1.165, 1.54) is 39.0 Å². The fourth-order valence-corrected chi connectivity index (χ4v) is 3.30. The van der Waals surface area contributed by atoms with Crippen molar-refractivity contribution >= 4 is 5.97 Å². The number of carbonyl (C=O) groups excluding carboxylic acids is 1. The SMILES string of the molecule is CCCCCCCC(C)C(CCCOC(C)=O)C(OC)(OC)OC. The maximum Gasteiger partial charge on any atom is 0.302 e. The van der Waals surface area contributed by atoms with E-state index in [1.54, 1.807) is 21.3 Å². The number of unbranched alkanes of at least 4 members (excludes halogenated alkanes) is 4. The Kier molecular flexibility index (Phi) is 13.3. The molecule has 0 aromatic heterocycles. The Labute approximate surface area is 148 Å². The highest BCUT2D eigenvalue weighted by Crippen LogP contribution is 2.36. The van der Waals surface area contributed by atoms with Gasteiger partial charge in [0.15, 0.2) is 0 Å². The lowest BCUT2D eigenvalue weighted by Crippen LogP contribution is -2.46. The largest absolute Gasteiger partial charge is 0.466 e. The third-order valence-corrected chi connectivity index (χ3v) is 4.72. The van der Waals surface area contributed by atoms with Crippen molar-refractivity contribution < 1.29 is 23.7 Å². The first kappa shape index (κ1) is 23.4. The first-order valence-electron chi connectivity index (χ1n) is 9.26. The smallest absolute Gasteiger partial charge is 0.302 e. The highest BCUT2D eigenvalue weighted by molar-refractivity contribution is 5.65. The summed E-state index contributed by atoms with van der Waals surface area (Å²) in [7, 11) is 4.83. The van der Waals surface area contributed by atoms with Crippen molar-refractivity contribution in [3.8, 4) is 0 Å². The van der Waals surface area contributed by atoms with Gasteiger partial charge in [-0.2, -0.15) is 0 Å². The Balaban J connectivity index is 4.67. The molecule has 0 aromatic rings. The zero-order valence-corrected chi connectivity index (χ0v) is 16.6. The molecule has 0 radical (unpaired) electrons. The standard InChI is InChI=1S/C19H38O5/c1-7-8-9-10-11-13-16(2)18(14-12-15-24-17(3)20)19(21-4,22-5)23-6/h16,18H,7-15H2,1-6H3. The zero-order chi connectivity index (χ0) is 18.4. The second-order valence-electron chi connectivity index (χ2n) is 6.48. The molecule has 0 heterocycles. The molecule has 144 valence electrons. The minimum absolute atomic E-state index is 0.0826. The first-order valence-corrected chi connectivity index (χ1v) is 9.26. The predicted molar refractivity (Wildman–Crippen MR) is 95.7 cm³/mol. The van der Waals surface area contributed by atoms with Crippen molar-refractivity contribution in [2.24, 2.45) is 11.8 Å². The molecule has 0 bridgehead atoms. The molecule has 0 N–H and O–H groups in total. The number of rotatable bonds is 15. The molecule has 2 atom stereocenters. The maximum absolute atomic E-state index is 10.9. The van der Waals surface area contributed by atoms with Crippen LogP contribution in [0.5, 0.6) is 0 Å². The fourth-order valence-electron chi connectivity index (χ4n) is 3.30. The van der Waals surface area contributed by atoms with Gasteiger partial charge in [0.05, 0.1) is 6.61 Å². The van der Waals surface area contributed by atoms with Crippen LogP contribution in [-0.4, -0.2) is 39.9 Å². The number of hydrogen-bond acceptors (Lipinski definition) is 5. The highest BCUT2D eigenvalue weighted by Gasteiger charge is 2.42. The van der Waals surface area contributed by atoms with Gasteiger partial charge in [0.1, 0.15) is 0 Å². The molecule has 0 saturated heterocycles. The molecule has 0 rings (SSSR count). The van der Waals surface area contributed by atoms with E-state index in [2.05, 4.69) is 13.8 Å². The molecule has 0 amide bonds. The van der Waals surface area contributed by atoms with Gasteiger partial charge in [0.2, 0.25) is 0 Å². The Morgan fingerprint density at radius 3 is 2.00 bits per heavy atom. The van der Waals surface area contributed by atoms with E-state index in [0.717, 1.165) is 19.3 Å². The minimum atomic E-state index is -1.04. The van der Waals surface area contributed by atoms with Crippen molar-refractivity contribution in [3.05, 3.63) is 0 Å². The molecule has 0 aliphatic rings. The highest BCUT2D eigenvalue weighted by atomic mass is 16.9. The van der Waals surface area contributed by atoms with E-state index in [9.17, 15) is 4.79 Å². The Bertz CT molecular complexity index is 307. The van der Waals surface area contributed by atoms with Crippen molar-refractivity contribution in [3.63, 3.8) is 0 Å². The molecule has 0 spiro atoms. The summed E-state index contributed by atoms with van der Waals surface area (Å²) < 4.78 is 21.8. The van der Waals surface area contributed by atoms with E-state index in [0.29, 0.717) is 12.5 Å². The Hall–Kier alpha value is -0.650. The van der Waals surface area contributed by atoms with E-state index < -0.39 is 5.97 Å². The van der Waals surface area contributed by atoms with Gasteiger partial charge in [-0.3, -0.25) is 4.79 Å². The second-order valence-corrected chi connectivity index (χ2v) is 6.48. The second kappa shape index (κ2) is 13.6. The summed E-state index contributed by atoms with van der Waals surface area (Å²) in [4.78, 5) is 10.9. The predicted octanol–water partition coefficient (Wildman–Crippen LogP) is 4.54. The van der Waals surface area contributed by atoms with Crippen LogP contribution in [0.2, 0.25) is 0 Å². The molecular weight excluding hydrogens is 308 g/mol. The van der Waals surface area contributed by atoms with Crippen LogP contribution in [-0.2, 0) is 23.7 Å². The number of hydrogen-bond donors (Lipinski definition) is 0. The molecule has 2 unspecified atom stereocenters. The number of ether oxygens (including phenoxy) is 4. The average molecular weight is 347 g/mol. The van der Waals surface area contributed by atoms with Crippen molar-refractivity contribution in [2.75, 3.05) is 27.9 Å². The Morgan fingerprint density at radius 2 is 1.50 bits per heavy atom. The third-order valence-electron chi connectivity index (χ3n) is 4.72. The van der Waals surface area contributed by atoms with Crippen LogP contribution in [0, 0.1) is 11.8 Å². The lowest BCUT2D eigenvalue weighted by atomic mass is 9.83. The van der Waals surface area contributed by atoms with Crippen LogP contribution in [0.1, 0.15) is 72.1 Å². The van der Waals surface area contributed by atoms with Crippen molar-refractivity contribution in [1.82, 2.24) is 0 Å². The summed E-state index contributed by atoms with van der Waals surface area (Å²) in [6.07, 6.45) is 9.02. The monoisotopic (exact) mass is 346 g/mol. The molecule has 0 fully saturated rings. The lowest BCUT2D eigenvalue weighted by molar-refractivity contribution is -0.385. The van der Waals surface area contributed by atoms with Gasteiger partial charge in [-0.15, -0.1) is 0 Å². The first-order chi connectivity index (χ1) is 11.5. The quantitative estimate of drug-likeness (QED) is 0.248. The van der Waals surface area contributed by atoms with Crippen LogP contribution in [0.4, 0.5) is 0 Å². The third kappa shape index (κ3) is 8.45. The van der Waals surface area contributed by atoms with E-state index in [-0.39, 0.29) is 11.9 Å². The van der Waals surface area contributed by atoms with Crippen LogP contribution in [0.15, 0.2) is 0 Å². The van der Waals surface area contributed by atoms with Gasteiger partial charge in [-0.05, 0) is 18.8 Å². The molecule has 5 nitrogen and oxygen atoms in total. The van der Waals surface area contributed by atoms with Gasteiger partial charge in [-0.1, -0.05) is 52.4 Å². The summed E-state index contributed by atoms with van der Waals surface area (Å²) in [5, 5.41) is 0. The lowest BCUT2D eigenvalue weighted by Gasteiger charge is -2.39. The van der Waals surface area contributed by atoms with Gasteiger partial charge >= 0.3 is 5.97 Å². The van der Waals surface area contributed by atoms with Crippen LogP contribution >= 0.6 is 0 Å². The van der Waals surface area contributed by atoms with Crippen LogP contribution < -0.4 is 0 Å². The molecule has 0 saturated carbocycles. The van der Waals surface area contributed by atoms with Crippen LogP contribution in [0.3, 0.4) is 0 Å². The van der Waals surface area contributed by atoms with E-state index >= 15 is 0 Å². The topological polar surface area (TPSA) is 54.0 Å². The number of methoxy groups -OCH3 is 3.